The molecule has 0 aromatic heterocycles. The van der Waals surface area contributed by atoms with Gasteiger partial charge in [-0.25, -0.2) is 9.18 Å². The van der Waals surface area contributed by atoms with Crippen LogP contribution in [0.5, 0.6) is 0 Å². The van der Waals surface area contributed by atoms with Crippen molar-refractivity contribution in [3.8, 4) is 0 Å². The van der Waals surface area contributed by atoms with Crippen molar-refractivity contribution in [2.24, 2.45) is 5.41 Å². The molecule has 2 fully saturated rings. The van der Waals surface area contributed by atoms with Crippen LogP contribution < -0.4 is 20.4 Å². The zero-order valence-electron chi connectivity index (χ0n) is 23.5. The maximum atomic E-state index is 15.5. The molecule has 2 aliphatic heterocycles. The van der Waals surface area contributed by atoms with Crippen LogP contribution in [0.3, 0.4) is 0 Å². The number of ether oxygens (including phenoxy) is 1. The number of fused-ring (bicyclic) bond motifs is 1. The highest BCUT2D eigenvalue weighted by Gasteiger charge is 2.39. The largest absolute Gasteiger partial charge is 0.444 e. The van der Waals surface area contributed by atoms with Crippen molar-refractivity contribution in [3.05, 3.63) is 23.5 Å². The second-order valence-corrected chi connectivity index (χ2v) is 12.9. The fourth-order valence-electron chi connectivity index (χ4n) is 5.20. The molecule has 2 atom stereocenters. The third-order valence-corrected chi connectivity index (χ3v) is 7.38. The Labute approximate surface area is 220 Å². The molecule has 0 spiro atoms. The highest BCUT2D eigenvalue weighted by molar-refractivity contribution is 5.87. The zero-order valence-corrected chi connectivity index (χ0v) is 23.5. The molecular weight excluding hydrogens is 473 g/mol. The molecule has 37 heavy (non-hydrogen) atoms. The monoisotopic (exact) mass is 517 g/mol. The lowest BCUT2D eigenvalue weighted by molar-refractivity contribution is -0.126. The Balaban J connectivity index is 1.57. The van der Waals surface area contributed by atoms with Crippen molar-refractivity contribution >= 4 is 23.4 Å². The Bertz CT molecular complexity index is 1010. The van der Waals surface area contributed by atoms with Gasteiger partial charge in [0.15, 0.2) is 0 Å². The van der Waals surface area contributed by atoms with E-state index in [2.05, 4.69) is 32.4 Å². The van der Waals surface area contributed by atoms with E-state index < -0.39 is 23.2 Å². The van der Waals surface area contributed by atoms with E-state index in [-0.39, 0.29) is 17.8 Å². The predicted molar refractivity (Wildman–Crippen MR) is 145 cm³/mol. The maximum absolute atomic E-state index is 15.5. The first-order valence-corrected chi connectivity index (χ1v) is 13.6. The smallest absolute Gasteiger partial charge is 0.408 e. The summed E-state index contributed by atoms with van der Waals surface area (Å²) >= 11 is 0. The summed E-state index contributed by atoms with van der Waals surface area (Å²) in [6.45, 7) is 15.3. The summed E-state index contributed by atoms with van der Waals surface area (Å²) in [6, 6.07) is 2.96. The Kier molecular flexibility index (Phi) is 7.66. The van der Waals surface area contributed by atoms with E-state index >= 15 is 4.39 Å². The topological polar surface area (TPSA) is 77.2 Å². The van der Waals surface area contributed by atoms with Gasteiger partial charge in [0.25, 0.3) is 0 Å². The number of amides is 2. The second-order valence-electron chi connectivity index (χ2n) is 12.9. The standard InChI is InChI=1S/C28H44FN5O3/c1-27(2,3)24(31-26(36)37-28(4,5)6)25(35)30-21-10-11-34(18-8-9-18)22-17-23(20(29)16-19(21)22)33-14-12-32(7)13-15-33/h16-18,21,24H,8-15H2,1-7H3,(H,30,35)(H,31,36)/t21?,24-/m1/s1. The van der Waals surface area contributed by atoms with Crippen molar-refractivity contribution < 1.29 is 18.7 Å². The highest BCUT2D eigenvalue weighted by Crippen LogP contribution is 2.43. The maximum Gasteiger partial charge on any atom is 0.408 e. The number of hydrogen-bond donors (Lipinski definition) is 2. The van der Waals surface area contributed by atoms with Crippen LogP contribution in [-0.2, 0) is 9.53 Å². The van der Waals surface area contributed by atoms with Gasteiger partial charge in [0.2, 0.25) is 5.91 Å². The first-order chi connectivity index (χ1) is 17.2. The first-order valence-electron chi connectivity index (χ1n) is 13.6. The third-order valence-electron chi connectivity index (χ3n) is 7.38. The van der Waals surface area contributed by atoms with Crippen molar-refractivity contribution in [1.29, 1.82) is 0 Å². The van der Waals surface area contributed by atoms with Crippen LogP contribution in [0.15, 0.2) is 12.1 Å². The molecule has 2 N–H and O–H groups in total. The van der Waals surface area contributed by atoms with E-state index in [0.29, 0.717) is 18.2 Å². The number of carbonyl (C=O) groups excluding carboxylic acids is 2. The number of alkyl carbamates (subject to hydrolysis) is 1. The molecule has 1 aliphatic carbocycles. The van der Waals surface area contributed by atoms with Crippen LogP contribution in [-0.4, -0.2) is 74.4 Å². The number of piperazine rings is 1. The summed E-state index contributed by atoms with van der Waals surface area (Å²) in [4.78, 5) is 32.8. The number of nitrogens with zero attached hydrogens (tertiary/aromatic N) is 3. The number of nitrogens with one attached hydrogen (secondary N) is 2. The average molecular weight is 518 g/mol. The van der Waals surface area contributed by atoms with Crippen LogP contribution in [0.2, 0.25) is 0 Å². The van der Waals surface area contributed by atoms with Crippen LogP contribution in [0.1, 0.15) is 72.4 Å². The van der Waals surface area contributed by atoms with E-state index in [0.717, 1.165) is 56.8 Å². The summed E-state index contributed by atoms with van der Waals surface area (Å²) in [5.41, 5.74) is 1.25. The number of benzene rings is 1. The van der Waals surface area contributed by atoms with Crippen molar-refractivity contribution in [3.63, 3.8) is 0 Å². The summed E-state index contributed by atoms with van der Waals surface area (Å²) < 4.78 is 20.9. The van der Waals surface area contributed by atoms with Crippen molar-refractivity contribution in [2.75, 3.05) is 49.6 Å². The molecule has 1 unspecified atom stereocenters. The fraction of sp³-hybridized carbons (Fsp3) is 0.714. The summed E-state index contributed by atoms with van der Waals surface area (Å²) in [7, 11) is 2.09. The molecule has 0 bridgehead atoms. The van der Waals surface area contributed by atoms with E-state index in [9.17, 15) is 9.59 Å². The molecule has 0 radical (unpaired) electrons. The average Bonchev–Trinajstić information content (AvgIpc) is 3.61. The van der Waals surface area contributed by atoms with Gasteiger partial charge in [0.1, 0.15) is 17.5 Å². The van der Waals surface area contributed by atoms with Crippen LogP contribution in [0, 0.1) is 11.2 Å². The zero-order chi connectivity index (χ0) is 27.1. The number of halogens is 1. The Morgan fingerprint density at radius 2 is 1.62 bits per heavy atom. The van der Waals surface area contributed by atoms with Gasteiger partial charge < -0.3 is 30.1 Å². The lowest BCUT2D eigenvalue weighted by atomic mass is 9.85. The minimum Gasteiger partial charge on any atom is -0.444 e. The Morgan fingerprint density at radius 3 is 2.19 bits per heavy atom. The van der Waals surface area contributed by atoms with Gasteiger partial charge in [-0.2, -0.15) is 0 Å². The predicted octanol–water partition coefficient (Wildman–Crippen LogP) is 4.05. The molecule has 2 amide bonds. The molecule has 9 heteroatoms. The van der Waals surface area contributed by atoms with E-state index in [1.54, 1.807) is 26.8 Å². The van der Waals surface area contributed by atoms with Gasteiger partial charge in [-0.05, 0) is 64.6 Å². The van der Waals surface area contributed by atoms with Gasteiger partial charge in [-0.3, -0.25) is 4.79 Å². The van der Waals surface area contributed by atoms with Crippen molar-refractivity contribution in [2.45, 2.75) is 84.5 Å². The molecule has 3 aliphatic rings. The molecule has 1 saturated heterocycles. The molecule has 1 aromatic rings. The number of hydrogen-bond acceptors (Lipinski definition) is 6. The quantitative estimate of drug-likeness (QED) is 0.614. The molecule has 8 nitrogen and oxygen atoms in total. The summed E-state index contributed by atoms with van der Waals surface area (Å²) in [5.74, 6) is -0.544. The van der Waals surface area contributed by atoms with Crippen LogP contribution in [0.25, 0.3) is 0 Å². The van der Waals surface area contributed by atoms with Crippen LogP contribution in [0.4, 0.5) is 20.6 Å². The first kappa shape index (κ1) is 27.5. The van der Waals surface area contributed by atoms with Gasteiger partial charge >= 0.3 is 6.09 Å². The number of likely N-dealkylation sites (N-methyl/N-ethyl adjacent to an activating group) is 1. The minimum absolute atomic E-state index is 0.251. The Morgan fingerprint density at radius 1 is 0.973 bits per heavy atom. The van der Waals surface area contributed by atoms with Crippen molar-refractivity contribution in [1.82, 2.24) is 15.5 Å². The molecule has 1 saturated carbocycles. The van der Waals surface area contributed by atoms with E-state index in [1.165, 1.54) is 0 Å². The molecule has 4 rings (SSSR count). The third kappa shape index (κ3) is 6.67. The summed E-state index contributed by atoms with van der Waals surface area (Å²) in [5, 5.41) is 5.90. The number of rotatable bonds is 5. The number of carbonyl (C=O) groups is 2. The molecule has 1 aromatic carbocycles. The highest BCUT2D eigenvalue weighted by atomic mass is 19.1. The normalized spacial score (nSPS) is 21.8. The van der Waals surface area contributed by atoms with E-state index in [1.807, 2.05) is 26.8 Å². The van der Waals surface area contributed by atoms with Gasteiger partial charge in [-0.1, -0.05) is 20.8 Å². The Hall–Kier alpha value is -2.55. The molecular formula is C28H44FN5O3. The lowest BCUT2D eigenvalue weighted by Crippen LogP contribution is -2.55. The fourth-order valence-corrected chi connectivity index (χ4v) is 5.20. The van der Waals surface area contributed by atoms with Crippen LogP contribution >= 0.6 is 0 Å². The summed E-state index contributed by atoms with van der Waals surface area (Å²) in [6.07, 6.45) is 2.34. The molecule has 206 valence electrons. The van der Waals surface area contributed by atoms with Gasteiger partial charge in [-0.15, -0.1) is 0 Å². The van der Waals surface area contributed by atoms with Gasteiger partial charge in [0, 0.05) is 50.0 Å². The number of anilines is 2. The molecule has 2 heterocycles. The SMILES string of the molecule is CN1CCN(c2cc3c(cc2F)C(NC(=O)[C@@H](NC(=O)OC(C)(C)C)C(C)(C)C)CCN3C2CC2)CC1. The lowest BCUT2D eigenvalue weighted by Gasteiger charge is -2.40. The van der Waals surface area contributed by atoms with Gasteiger partial charge in [0.05, 0.1) is 11.7 Å². The minimum atomic E-state index is -0.804. The van der Waals surface area contributed by atoms with E-state index in [4.69, 9.17) is 4.74 Å². The second kappa shape index (κ2) is 10.3.